The van der Waals surface area contributed by atoms with Gasteiger partial charge in [-0.2, -0.15) is 5.10 Å². The van der Waals surface area contributed by atoms with E-state index >= 15 is 0 Å². The molecular weight excluding hydrogens is 286 g/mol. The number of rotatable bonds is 6. The third kappa shape index (κ3) is 3.92. The first-order chi connectivity index (χ1) is 10.0. The average Bonchev–Trinajstić information content (AvgIpc) is 3.05. The number of nitrogens with zero attached hydrogens (tertiary/aromatic N) is 2. The number of nitrogens with one attached hydrogen (secondary N) is 1. The summed E-state index contributed by atoms with van der Waals surface area (Å²) in [6, 6.07) is 3.65. The molecule has 5 nitrogen and oxygen atoms in total. The van der Waals surface area contributed by atoms with Gasteiger partial charge in [-0.3, -0.25) is 9.48 Å². The SMILES string of the molecule is CC(C)CC(CO)NC(=O)c1cn(C)nc1-c1cccs1. The molecule has 0 aromatic carbocycles. The minimum absolute atomic E-state index is 0.0570. The number of carbonyl (C=O) groups excluding carboxylic acids is 1. The quantitative estimate of drug-likeness (QED) is 0.860. The van der Waals surface area contributed by atoms with Crippen molar-refractivity contribution in [2.75, 3.05) is 6.61 Å². The predicted octanol–water partition coefficient (Wildman–Crippen LogP) is 2.29. The third-order valence-corrected chi connectivity index (χ3v) is 4.02. The fraction of sp³-hybridized carbons (Fsp3) is 0.467. The number of hydrogen-bond acceptors (Lipinski definition) is 4. The summed E-state index contributed by atoms with van der Waals surface area (Å²) in [5.41, 5.74) is 1.23. The second kappa shape index (κ2) is 6.87. The number of aliphatic hydroxyl groups is 1. The molecule has 114 valence electrons. The molecule has 0 radical (unpaired) electrons. The zero-order valence-corrected chi connectivity index (χ0v) is 13.4. The van der Waals surface area contributed by atoms with E-state index in [0.29, 0.717) is 17.2 Å². The Morgan fingerprint density at radius 2 is 2.29 bits per heavy atom. The summed E-state index contributed by atoms with van der Waals surface area (Å²) in [4.78, 5) is 13.4. The Morgan fingerprint density at radius 3 is 2.86 bits per heavy atom. The van der Waals surface area contributed by atoms with Crippen molar-refractivity contribution in [3.63, 3.8) is 0 Å². The second-order valence-corrected chi connectivity index (χ2v) is 6.47. The van der Waals surface area contributed by atoms with E-state index in [1.54, 1.807) is 29.3 Å². The first-order valence-electron chi connectivity index (χ1n) is 7.00. The van der Waals surface area contributed by atoms with Crippen LogP contribution in [0.25, 0.3) is 10.6 Å². The van der Waals surface area contributed by atoms with E-state index < -0.39 is 0 Å². The van der Waals surface area contributed by atoms with Crippen molar-refractivity contribution in [2.24, 2.45) is 13.0 Å². The topological polar surface area (TPSA) is 67.2 Å². The van der Waals surface area contributed by atoms with E-state index in [9.17, 15) is 9.90 Å². The van der Waals surface area contributed by atoms with Crippen LogP contribution in [0.2, 0.25) is 0 Å². The maximum absolute atomic E-state index is 12.5. The third-order valence-electron chi connectivity index (χ3n) is 3.14. The first kappa shape index (κ1) is 15.7. The first-order valence-corrected chi connectivity index (χ1v) is 7.88. The highest BCUT2D eigenvalue weighted by molar-refractivity contribution is 7.13. The number of carbonyl (C=O) groups is 1. The highest BCUT2D eigenvalue weighted by atomic mass is 32.1. The zero-order valence-electron chi connectivity index (χ0n) is 12.5. The summed E-state index contributed by atoms with van der Waals surface area (Å²) >= 11 is 1.55. The molecule has 1 amide bonds. The lowest BCUT2D eigenvalue weighted by Crippen LogP contribution is -2.38. The summed E-state index contributed by atoms with van der Waals surface area (Å²) < 4.78 is 1.64. The minimum atomic E-state index is -0.228. The van der Waals surface area contributed by atoms with Gasteiger partial charge in [0.25, 0.3) is 5.91 Å². The van der Waals surface area contributed by atoms with Crippen LogP contribution in [-0.4, -0.2) is 33.4 Å². The fourth-order valence-electron chi connectivity index (χ4n) is 2.26. The minimum Gasteiger partial charge on any atom is -0.394 e. The van der Waals surface area contributed by atoms with Crippen molar-refractivity contribution in [1.82, 2.24) is 15.1 Å². The van der Waals surface area contributed by atoms with Gasteiger partial charge in [0, 0.05) is 13.2 Å². The van der Waals surface area contributed by atoms with Crippen LogP contribution in [0.5, 0.6) is 0 Å². The molecule has 1 atom stereocenters. The van der Waals surface area contributed by atoms with Crippen LogP contribution in [0.4, 0.5) is 0 Å². The number of aromatic nitrogens is 2. The molecule has 0 saturated carbocycles. The normalized spacial score (nSPS) is 12.6. The standard InChI is InChI=1S/C15H21N3O2S/c1-10(2)7-11(9-19)16-15(20)12-8-18(3)17-14(12)13-5-4-6-21-13/h4-6,8,10-11,19H,7,9H2,1-3H3,(H,16,20). The fourth-order valence-corrected chi connectivity index (χ4v) is 2.98. The van der Waals surface area contributed by atoms with E-state index in [1.807, 2.05) is 17.5 Å². The van der Waals surface area contributed by atoms with Crippen molar-refractivity contribution >= 4 is 17.2 Å². The molecule has 2 rings (SSSR count). The second-order valence-electron chi connectivity index (χ2n) is 5.52. The van der Waals surface area contributed by atoms with Crippen molar-refractivity contribution in [1.29, 1.82) is 0 Å². The van der Waals surface area contributed by atoms with Crippen LogP contribution in [0.15, 0.2) is 23.7 Å². The van der Waals surface area contributed by atoms with Gasteiger partial charge >= 0.3 is 0 Å². The van der Waals surface area contributed by atoms with E-state index in [4.69, 9.17) is 0 Å². The van der Waals surface area contributed by atoms with E-state index in [2.05, 4.69) is 24.3 Å². The van der Waals surface area contributed by atoms with Crippen LogP contribution in [0, 0.1) is 5.92 Å². The molecule has 2 N–H and O–H groups in total. The largest absolute Gasteiger partial charge is 0.394 e. The van der Waals surface area contributed by atoms with E-state index in [1.165, 1.54) is 0 Å². The Balaban J connectivity index is 2.19. The van der Waals surface area contributed by atoms with Crippen LogP contribution < -0.4 is 5.32 Å². The molecule has 2 heterocycles. The molecule has 0 saturated heterocycles. The molecule has 0 aliphatic rings. The van der Waals surface area contributed by atoms with Gasteiger partial charge in [0.15, 0.2) is 0 Å². The van der Waals surface area contributed by atoms with Crippen LogP contribution in [0.1, 0.15) is 30.6 Å². The average molecular weight is 307 g/mol. The number of thiophene rings is 1. The van der Waals surface area contributed by atoms with Gasteiger partial charge in [-0.15, -0.1) is 11.3 Å². The lowest BCUT2D eigenvalue weighted by Gasteiger charge is -2.18. The lowest BCUT2D eigenvalue weighted by atomic mass is 10.0. The van der Waals surface area contributed by atoms with Gasteiger partial charge in [0.05, 0.1) is 23.1 Å². The Kier molecular flexibility index (Phi) is 5.14. The van der Waals surface area contributed by atoms with Crippen molar-refractivity contribution in [3.05, 3.63) is 29.3 Å². The summed E-state index contributed by atoms with van der Waals surface area (Å²) in [6.07, 6.45) is 2.46. The Labute approximate surface area is 128 Å². The molecule has 0 spiro atoms. The maximum atomic E-state index is 12.5. The van der Waals surface area contributed by atoms with Gasteiger partial charge in [-0.25, -0.2) is 0 Å². The van der Waals surface area contributed by atoms with Gasteiger partial charge in [0.1, 0.15) is 5.69 Å². The number of aliphatic hydroxyl groups excluding tert-OH is 1. The predicted molar refractivity (Wildman–Crippen MR) is 84.3 cm³/mol. The molecule has 2 aromatic rings. The summed E-state index contributed by atoms with van der Waals surface area (Å²) in [5.74, 6) is 0.222. The molecule has 0 fully saturated rings. The summed E-state index contributed by atoms with van der Waals surface area (Å²) in [6.45, 7) is 4.07. The lowest BCUT2D eigenvalue weighted by molar-refractivity contribution is 0.0909. The number of aryl methyl sites for hydroxylation is 1. The summed E-state index contributed by atoms with van der Waals surface area (Å²) in [5, 5.41) is 18.6. The molecule has 2 aromatic heterocycles. The van der Waals surface area contributed by atoms with Gasteiger partial charge < -0.3 is 10.4 Å². The van der Waals surface area contributed by atoms with Gasteiger partial charge in [0.2, 0.25) is 0 Å². The van der Waals surface area contributed by atoms with Crippen LogP contribution >= 0.6 is 11.3 Å². The molecule has 21 heavy (non-hydrogen) atoms. The van der Waals surface area contributed by atoms with E-state index in [0.717, 1.165) is 11.3 Å². The molecular formula is C15H21N3O2S. The van der Waals surface area contributed by atoms with Crippen LogP contribution in [-0.2, 0) is 7.05 Å². The Hall–Kier alpha value is -1.66. The zero-order chi connectivity index (χ0) is 15.4. The van der Waals surface area contributed by atoms with Crippen molar-refractivity contribution in [3.8, 4) is 10.6 Å². The van der Waals surface area contributed by atoms with Gasteiger partial charge in [-0.05, 0) is 23.8 Å². The highest BCUT2D eigenvalue weighted by Gasteiger charge is 2.20. The summed E-state index contributed by atoms with van der Waals surface area (Å²) in [7, 11) is 1.80. The molecule has 0 aliphatic heterocycles. The van der Waals surface area contributed by atoms with Gasteiger partial charge in [-0.1, -0.05) is 19.9 Å². The molecule has 0 bridgehead atoms. The smallest absolute Gasteiger partial charge is 0.255 e. The number of amides is 1. The molecule has 0 aliphatic carbocycles. The van der Waals surface area contributed by atoms with Crippen molar-refractivity contribution in [2.45, 2.75) is 26.3 Å². The Morgan fingerprint density at radius 1 is 1.52 bits per heavy atom. The Bertz CT molecular complexity index is 590. The van der Waals surface area contributed by atoms with Crippen LogP contribution in [0.3, 0.4) is 0 Å². The van der Waals surface area contributed by atoms with E-state index in [-0.39, 0.29) is 18.6 Å². The maximum Gasteiger partial charge on any atom is 0.255 e. The molecule has 1 unspecified atom stereocenters. The highest BCUT2D eigenvalue weighted by Crippen LogP contribution is 2.26. The monoisotopic (exact) mass is 307 g/mol. The molecule has 6 heteroatoms. The van der Waals surface area contributed by atoms with Crippen molar-refractivity contribution < 1.29 is 9.90 Å². The number of hydrogen-bond donors (Lipinski definition) is 2.